The normalized spacial score (nSPS) is 31.5. The van der Waals surface area contributed by atoms with Crippen molar-refractivity contribution in [2.45, 2.75) is 62.7 Å². The second-order valence-electron chi connectivity index (χ2n) is 7.65. The quantitative estimate of drug-likeness (QED) is 0.399. The summed E-state index contributed by atoms with van der Waals surface area (Å²) in [5, 5.41) is 6.82. The van der Waals surface area contributed by atoms with Crippen LogP contribution >= 0.6 is 24.0 Å². The van der Waals surface area contributed by atoms with E-state index < -0.39 is 11.6 Å². The number of guanidine groups is 1. The molecule has 0 radical (unpaired) electrons. The van der Waals surface area contributed by atoms with Crippen LogP contribution in [-0.2, 0) is 0 Å². The molecule has 3 aliphatic rings. The molecular weight excluding hydrogens is 449 g/mol. The fourth-order valence-corrected chi connectivity index (χ4v) is 4.15. The lowest BCUT2D eigenvalue weighted by atomic mass is 10.1. The first-order valence-electron chi connectivity index (χ1n) is 9.26. The molecule has 0 aromatic heterocycles. The maximum Gasteiger partial charge on any atom is 0.191 e. The van der Waals surface area contributed by atoms with Gasteiger partial charge in [-0.3, -0.25) is 9.89 Å². The summed E-state index contributed by atoms with van der Waals surface area (Å²) in [7, 11) is 1.74. The van der Waals surface area contributed by atoms with Gasteiger partial charge in [0.1, 0.15) is 11.6 Å². The maximum atomic E-state index is 13.9. The smallest absolute Gasteiger partial charge is 0.191 e. The van der Waals surface area contributed by atoms with Gasteiger partial charge in [0, 0.05) is 49.2 Å². The maximum absolute atomic E-state index is 13.9. The summed E-state index contributed by atoms with van der Waals surface area (Å²) >= 11 is 0. The third-order valence-electron chi connectivity index (χ3n) is 5.69. The largest absolute Gasteiger partial charge is 0.353 e. The van der Waals surface area contributed by atoms with Gasteiger partial charge in [-0.25, -0.2) is 8.78 Å². The van der Waals surface area contributed by atoms with Crippen LogP contribution in [0, 0.1) is 11.6 Å². The van der Waals surface area contributed by atoms with Gasteiger partial charge in [-0.15, -0.1) is 24.0 Å². The van der Waals surface area contributed by atoms with E-state index in [1.54, 1.807) is 7.05 Å². The predicted octanol–water partition coefficient (Wildman–Crippen LogP) is 3.23. The summed E-state index contributed by atoms with van der Waals surface area (Å²) in [5.41, 5.74) is 0.199. The number of rotatable bonds is 4. The SMILES string of the molecule is CN=C(NC1CC(C)N(C2CC2)C1)NC1CC1c1c(F)cccc1F.I. The molecule has 1 saturated heterocycles. The van der Waals surface area contributed by atoms with Crippen molar-refractivity contribution >= 4 is 29.9 Å². The van der Waals surface area contributed by atoms with E-state index in [0.717, 1.165) is 31.4 Å². The van der Waals surface area contributed by atoms with E-state index in [9.17, 15) is 8.78 Å². The van der Waals surface area contributed by atoms with Crippen LogP contribution in [0.3, 0.4) is 0 Å². The summed E-state index contributed by atoms with van der Waals surface area (Å²) < 4.78 is 27.8. The van der Waals surface area contributed by atoms with E-state index in [1.807, 2.05) is 0 Å². The number of aliphatic imine (C=N–C) groups is 1. The van der Waals surface area contributed by atoms with Crippen molar-refractivity contribution in [3.63, 3.8) is 0 Å². The highest BCUT2D eigenvalue weighted by Gasteiger charge is 2.43. The molecular formula is C19H27F2IN4. The Labute approximate surface area is 170 Å². The first-order valence-corrected chi connectivity index (χ1v) is 9.26. The lowest BCUT2D eigenvalue weighted by Crippen LogP contribution is -2.45. The number of hydrogen-bond donors (Lipinski definition) is 2. The standard InChI is InChI=1S/C19H26F2N4.HI/c1-11-8-12(10-25(11)13-6-7-13)23-19(22-2)24-17-9-14(17)18-15(20)4-3-5-16(18)21;/h3-5,11-14,17H,6-10H2,1-2H3,(H2,22,23,24);1H. The minimum atomic E-state index is -0.457. The van der Waals surface area contributed by atoms with Gasteiger partial charge in [0.2, 0.25) is 0 Å². The summed E-state index contributed by atoms with van der Waals surface area (Å²) in [6.07, 6.45) is 4.48. The summed E-state index contributed by atoms with van der Waals surface area (Å²) in [4.78, 5) is 6.89. The van der Waals surface area contributed by atoms with E-state index in [-0.39, 0.29) is 41.5 Å². The zero-order valence-electron chi connectivity index (χ0n) is 15.2. The topological polar surface area (TPSA) is 39.7 Å². The molecule has 2 saturated carbocycles. The average Bonchev–Trinajstić information content (AvgIpc) is 3.48. The van der Waals surface area contributed by atoms with Crippen LogP contribution in [0.15, 0.2) is 23.2 Å². The molecule has 26 heavy (non-hydrogen) atoms. The number of halogens is 3. The molecule has 2 N–H and O–H groups in total. The number of likely N-dealkylation sites (tertiary alicyclic amines) is 1. The third kappa shape index (κ3) is 4.13. The van der Waals surface area contributed by atoms with Crippen molar-refractivity contribution in [2.24, 2.45) is 4.99 Å². The Kier molecular flexibility index (Phi) is 6.06. The molecule has 3 fully saturated rings. The van der Waals surface area contributed by atoms with Crippen molar-refractivity contribution < 1.29 is 8.78 Å². The molecule has 1 heterocycles. The summed E-state index contributed by atoms with van der Waals surface area (Å²) in [5.74, 6) is -0.298. The Morgan fingerprint density at radius 3 is 2.46 bits per heavy atom. The summed E-state index contributed by atoms with van der Waals surface area (Å²) in [6, 6.07) is 5.85. The molecule has 1 aromatic carbocycles. The van der Waals surface area contributed by atoms with Crippen LogP contribution in [0.5, 0.6) is 0 Å². The molecule has 4 unspecified atom stereocenters. The second kappa shape index (κ2) is 7.96. The van der Waals surface area contributed by atoms with Crippen LogP contribution in [0.1, 0.15) is 44.1 Å². The molecule has 7 heteroatoms. The van der Waals surface area contributed by atoms with Gasteiger partial charge in [0.05, 0.1) is 0 Å². The van der Waals surface area contributed by atoms with Gasteiger partial charge in [0.15, 0.2) is 5.96 Å². The monoisotopic (exact) mass is 476 g/mol. The van der Waals surface area contributed by atoms with Gasteiger partial charge in [-0.1, -0.05) is 6.07 Å². The highest BCUT2D eigenvalue weighted by Crippen LogP contribution is 2.43. The number of nitrogens with one attached hydrogen (secondary N) is 2. The van der Waals surface area contributed by atoms with Crippen molar-refractivity contribution in [3.8, 4) is 0 Å². The van der Waals surface area contributed by atoms with E-state index in [4.69, 9.17) is 0 Å². The molecule has 144 valence electrons. The van der Waals surface area contributed by atoms with Crippen LogP contribution in [0.4, 0.5) is 8.78 Å². The zero-order chi connectivity index (χ0) is 17.6. The van der Waals surface area contributed by atoms with E-state index >= 15 is 0 Å². The number of benzene rings is 1. The van der Waals surface area contributed by atoms with Crippen molar-refractivity contribution in [3.05, 3.63) is 35.4 Å². The molecule has 2 aliphatic carbocycles. The molecule has 0 spiro atoms. The molecule has 4 rings (SSSR count). The molecule has 1 aliphatic heterocycles. The molecule has 4 nitrogen and oxygen atoms in total. The van der Waals surface area contributed by atoms with E-state index in [2.05, 4.69) is 27.4 Å². The van der Waals surface area contributed by atoms with Crippen LogP contribution in [0.25, 0.3) is 0 Å². The summed E-state index contributed by atoms with van der Waals surface area (Å²) in [6.45, 7) is 3.33. The second-order valence-corrected chi connectivity index (χ2v) is 7.65. The molecule has 4 atom stereocenters. The Balaban J connectivity index is 0.00000196. The van der Waals surface area contributed by atoms with Crippen LogP contribution in [0.2, 0.25) is 0 Å². The lowest BCUT2D eigenvalue weighted by Gasteiger charge is -2.20. The van der Waals surface area contributed by atoms with Crippen molar-refractivity contribution in [1.82, 2.24) is 15.5 Å². The van der Waals surface area contributed by atoms with Gasteiger partial charge in [-0.05, 0) is 44.7 Å². The fraction of sp³-hybridized carbons (Fsp3) is 0.632. The van der Waals surface area contributed by atoms with Crippen molar-refractivity contribution in [1.29, 1.82) is 0 Å². The van der Waals surface area contributed by atoms with Gasteiger partial charge in [0.25, 0.3) is 0 Å². The van der Waals surface area contributed by atoms with Gasteiger partial charge in [-0.2, -0.15) is 0 Å². The first kappa shape index (κ1) is 19.8. The highest BCUT2D eigenvalue weighted by molar-refractivity contribution is 14.0. The van der Waals surface area contributed by atoms with E-state index in [1.165, 1.54) is 31.0 Å². The van der Waals surface area contributed by atoms with Crippen LogP contribution in [-0.4, -0.2) is 48.6 Å². The van der Waals surface area contributed by atoms with E-state index in [0.29, 0.717) is 12.1 Å². The minimum Gasteiger partial charge on any atom is -0.353 e. The Morgan fingerprint density at radius 2 is 1.85 bits per heavy atom. The Bertz CT molecular complexity index is 659. The first-order chi connectivity index (χ1) is 12.1. The highest BCUT2D eigenvalue weighted by atomic mass is 127. The van der Waals surface area contributed by atoms with Crippen molar-refractivity contribution in [2.75, 3.05) is 13.6 Å². The number of nitrogens with zero attached hydrogens (tertiary/aromatic N) is 2. The van der Waals surface area contributed by atoms with Gasteiger partial charge < -0.3 is 10.6 Å². The molecule has 1 aromatic rings. The molecule has 0 bridgehead atoms. The predicted molar refractivity (Wildman–Crippen MR) is 110 cm³/mol. The third-order valence-corrected chi connectivity index (χ3v) is 5.69. The minimum absolute atomic E-state index is 0. The fourth-order valence-electron chi connectivity index (χ4n) is 4.15. The van der Waals surface area contributed by atoms with Crippen LogP contribution < -0.4 is 10.6 Å². The Hall–Kier alpha value is -0.960. The van der Waals surface area contributed by atoms with Gasteiger partial charge >= 0.3 is 0 Å². The number of hydrogen-bond acceptors (Lipinski definition) is 2. The average molecular weight is 476 g/mol. The Morgan fingerprint density at radius 1 is 1.15 bits per heavy atom. The molecule has 0 amide bonds. The zero-order valence-corrected chi connectivity index (χ0v) is 17.5. The lowest BCUT2D eigenvalue weighted by molar-refractivity contribution is 0.256.